The van der Waals surface area contributed by atoms with Crippen molar-refractivity contribution in [3.63, 3.8) is 0 Å². The van der Waals surface area contributed by atoms with Crippen LogP contribution >= 0.6 is 0 Å². The van der Waals surface area contributed by atoms with Crippen molar-refractivity contribution in [3.8, 4) is 0 Å². The summed E-state index contributed by atoms with van der Waals surface area (Å²) in [6.07, 6.45) is 30.2. The Hall–Kier alpha value is 0. The molecule has 0 heterocycles. The number of hydrogen-bond donors (Lipinski definition) is 0. The first-order chi connectivity index (χ1) is 12.3. The van der Waals surface area contributed by atoms with Crippen molar-refractivity contribution in [1.29, 1.82) is 0 Å². The van der Waals surface area contributed by atoms with Gasteiger partial charge in [-0.25, -0.2) is 0 Å². The fourth-order valence-electron chi connectivity index (χ4n) is 4.00. The van der Waals surface area contributed by atoms with E-state index in [-0.39, 0.29) is 0 Å². The van der Waals surface area contributed by atoms with Crippen LogP contribution in [-0.2, 0) is 0 Å². The van der Waals surface area contributed by atoms with Crippen molar-refractivity contribution in [2.45, 2.75) is 149 Å². The Morgan fingerprint density at radius 3 is 1.12 bits per heavy atom. The predicted molar refractivity (Wildman–Crippen MR) is 117 cm³/mol. The second kappa shape index (κ2) is 22.0. The van der Waals surface area contributed by atoms with Gasteiger partial charge in [0.1, 0.15) is 0 Å². The van der Waals surface area contributed by atoms with Gasteiger partial charge in [0.25, 0.3) is 0 Å². The largest absolute Gasteiger partial charge is 0.0654 e. The maximum atomic E-state index is 3.98. The van der Waals surface area contributed by atoms with Crippen molar-refractivity contribution < 1.29 is 0 Å². The molecule has 1 unspecified atom stereocenters. The Morgan fingerprint density at radius 2 is 0.760 bits per heavy atom. The average Bonchev–Trinajstić information content (AvgIpc) is 2.63. The highest BCUT2D eigenvalue weighted by Crippen LogP contribution is 2.24. The Kier molecular flexibility index (Phi) is 22.0. The minimum absolute atomic E-state index is 1.02. The molecular formula is C25H51. The molecule has 0 saturated carbocycles. The lowest BCUT2D eigenvalue weighted by molar-refractivity contribution is 0.367. The standard InChI is InChI=1S/C25H51/c1-4-7-10-13-14-15-16-18-21-24-25(22-19-12-9-6-3)23-20-17-11-8-5-2/h25H,3-24H2,1-2H3. The zero-order valence-corrected chi connectivity index (χ0v) is 18.1. The van der Waals surface area contributed by atoms with Crippen LogP contribution in [0.2, 0.25) is 0 Å². The van der Waals surface area contributed by atoms with E-state index in [0.717, 1.165) is 12.3 Å². The molecule has 0 aliphatic rings. The van der Waals surface area contributed by atoms with Gasteiger partial charge in [0.15, 0.2) is 0 Å². The highest BCUT2D eigenvalue weighted by Gasteiger charge is 2.08. The third-order valence-corrected chi connectivity index (χ3v) is 5.79. The molecule has 0 fully saturated rings. The molecule has 0 bridgehead atoms. The lowest BCUT2D eigenvalue weighted by Gasteiger charge is -2.17. The normalized spacial score (nSPS) is 12.6. The highest BCUT2D eigenvalue weighted by molar-refractivity contribution is 4.62. The molecule has 0 aromatic carbocycles. The molecule has 0 amide bonds. The molecule has 1 radical (unpaired) electrons. The van der Waals surface area contributed by atoms with Crippen LogP contribution in [0.15, 0.2) is 0 Å². The van der Waals surface area contributed by atoms with E-state index in [0.29, 0.717) is 0 Å². The quantitative estimate of drug-likeness (QED) is 0.180. The second-order valence-corrected chi connectivity index (χ2v) is 8.39. The van der Waals surface area contributed by atoms with Crippen molar-refractivity contribution in [2.75, 3.05) is 0 Å². The molecule has 0 aromatic heterocycles. The van der Waals surface area contributed by atoms with Gasteiger partial charge in [0.05, 0.1) is 0 Å². The SMILES string of the molecule is [CH2]CCCCCC(CCCCCCC)CCCCCCCCCCC. The fourth-order valence-corrected chi connectivity index (χ4v) is 4.00. The maximum absolute atomic E-state index is 3.98. The van der Waals surface area contributed by atoms with E-state index in [1.165, 1.54) is 128 Å². The molecule has 0 heteroatoms. The summed E-state index contributed by atoms with van der Waals surface area (Å²) in [5, 5.41) is 0. The van der Waals surface area contributed by atoms with E-state index in [2.05, 4.69) is 20.8 Å². The molecular weight excluding hydrogens is 300 g/mol. The van der Waals surface area contributed by atoms with Crippen LogP contribution in [0.5, 0.6) is 0 Å². The maximum Gasteiger partial charge on any atom is -0.0414 e. The van der Waals surface area contributed by atoms with Crippen LogP contribution in [0, 0.1) is 12.8 Å². The molecule has 0 aliphatic heterocycles. The highest BCUT2D eigenvalue weighted by atomic mass is 14.1. The molecule has 25 heavy (non-hydrogen) atoms. The minimum Gasteiger partial charge on any atom is -0.0654 e. The molecule has 0 rings (SSSR count). The minimum atomic E-state index is 1.02. The van der Waals surface area contributed by atoms with Crippen molar-refractivity contribution >= 4 is 0 Å². The first-order valence-electron chi connectivity index (χ1n) is 12.1. The summed E-state index contributed by atoms with van der Waals surface area (Å²) in [6, 6.07) is 0. The van der Waals surface area contributed by atoms with E-state index < -0.39 is 0 Å². The van der Waals surface area contributed by atoms with E-state index in [1.54, 1.807) is 0 Å². The summed E-state index contributed by atoms with van der Waals surface area (Å²) in [5.74, 6) is 1.02. The lowest BCUT2D eigenvalue weighted by Crippen LogP contribution is -2.01. The monoisotopic (exact) mass is 351 g/mol. The first kappa shape index (κ1) is 25.0. The smallest absolute Gasteiger partial charge is 0.0414 e. The Labute approximate surface area is 161 Å². The van der Waals surface area contributed by atoms with E-state index in [4.69, 9.17) is 0 Å². The van der Waals surface area contributed by atoms with E-state index >= 15 is 0 Å². The van der Waals surface area contributed by atoms with Crippen molar-refractivity contribution in [3.05, 3.63) is 6.92 Å². The summed E-state index contributed by atoms with van der Waals surface area (Å²) >= 11 is 0. The van der Waals surface area contributed by atoms with Gasteiger partial charge < -0.3 is 0 Å². The molecule has 0 aliphatic carbocycles. The Morgan fingerprint density at radius 1 is 0.440 bits per heavy atom. The molecule has 0 N–H and O–H groups in total. The summed E-state index contributed by atoms with van der Waals surface area (Å²) in [6.45, 7) is 8.60. The van der Waals surface area contributed by atoms with Crippen LogP contribution in [-0.4, -0.2) is 0 Å². The van der Waals surface area contributed by atoms with Gasteiger partial charge in [-0.1, -0.05) is 156 Å². The molecule has 0 spiro atoms. The zero-order valence-electron chi connectivity index (χ0n) is 18.1. The molecule has 1 atom stereocenters. The van der Waals surface area contributed by atoms with Gasteiger partial charge in [-0.3, -0.25) is 0 Å². The Bertz CT molecular complexity index is 220. The third kappa shape index (κ3) is 20.2. The van der Waals surface area contributed by atoms with Crippen LogP contribution in [0.25, 0.3) is 0 Å². The number of unbranched alkanes of at least 4 members (excludes halogenated alkanes) is 15. The second-order valence-electron chi connectivity index (χ2n) is 8.39. The van der Waals surface area contributed by atoms with Crippen LogP contribution in [0.1, 0.15) is 149 Å². The van der Waals surface area contributed by atoms with Crippen LogP contribution in [0.3, 0.4) is 0 Å². The van der Waals surface area contributed by atoms with Gasteiger partial charge in [0.2, 0.25) is 0 Å². The molecule has 0 aromatic rings. The first-order valence-corrected chi connectivity index (χ1v) is 12.1. The van der Waals surface area contributed by atoms with Gasteiger partial charge in [-0.15, -0.1) is 0 Å². The number of hydrogen-bond acceptors (Lipinski definition) is 0. The van der Waals surface area contributed by atoms with Crippen LogP contribution in [0.4, 0.5) is 0 Å². The summed E-state index contributed by atoms with van der Waals surface area (Å²) < 4.78 is 0. The predicted octanol–water partition coefficient (Wildman–Crippen LogP) is 9.67. The van der Waals surface area contributed by atoms with E-state index in [1.807, 2.05) is 0 Å². The number of rotatable bonds is 21. The molecule has 0 saturated heterocycles. The van der Waals surface area contributed by atoms with Gasteiger partial charge in [-0.05, 0) is 5.92 Å². The summed E-state index contributed by atoms with van der Waals surface area (Å²) in [5.41, 5.74) is 0. The fraction of sp³-hybridized carbons (Fsp3) is 0.960. The van der Waals surface area contributed by atoms with Gasteiger partial charge >= 0.3 is 0 Å². The van der Waals surface area contributed by atoms with Gasteiger partial charge in [0, 0.05) is 0 Å². The van der Waals surface area contributed by atoms with E-state index in [9.17, 15) is 0 Å². The zero-order chi connectivity index (χ0) is 18.4. The summed E-state index contributed by atoms with van der Waals surface area (Å²) in [4.78, 5) is 0. The van der Waals surface area contributed by atoms with Gasteiger partial charge in [-0.2, -0.15) is 0 Å². The topological polar surface area (TPSA) is 0 Å². The van der Waals surface area contributed by atoms with Crippen molar-refractivity contribution in [2.24, 2.45) is 5.92 Å². The Balaban J connectivity index is 3.65. The van der Waals surface area contributed by atoms with Crippen molar-refractivity contribution in [1.82, 2.24) is 0 Å². The lowest BCUT2D eigenvalue weighted by atomic mass is 9.89. The summed E-state index contributed by atoms with van der Waals surface area (Å²) in [7, 11) is 0. The molecule has 151 valence electrons. The van der Waals surface area contributed by atoms with Crippen LogP contribution < -0.4 is 0 Å². The third-order valence-electron chi connectivity index (χ3n) is 5.79. The molecule has 0 nitrogen and oxygen atoms in total. The average molecular weight is 352 g/mol.